The SMILES string of the molecule is C=C(C)C(=O)OCCCCCCSc1ncc(C)c(=O)n1-c1ccccc1CC. The molecule has 2 aromatic rings. The molecule has 0 bridgehead atoms. The fourth-order valence-corrected chi connectivity index (χ4v) is 3.85. The molecule has 0 amide bonds. The van der Waals surface area contributed by atoms with Crippen molar-refractivity contribution in [2.45, 2.75) is 58.0 Å². The summed E-state index contributed by atoms with van der Waals surface area (Å²) >= 11 is 1.61. The van der Waals surface area contributed by atoms with Gasteiger partial charge in [0.1, 0.15) is 0 Å². The molecule has 0 aliphatic carbocycles. The minimum atomic E-state index is -0.323. The molecule has 1 heterocycles. The molecule has 0 saturated carbocycles. The molecule has 5 nitrogen and oxygen atoms in total. The highest BCUT2D eigenvalue weighted by Gasteiger charge is 2.13. The summed E-state index contributed by atoms with van der Waals surface area (Å²) in [4.78, 5) is 28.7. The lowest BCUT2D eigenvalue weighted by atomic mass is 10.1. The van der Waals surface area contributed by atoms with Gasteiger partial charge in [-0.1, -0.05) is 56.3 Å². The molecule has 156 valence electrons. The summed E-state index contributed by atoms with van der Waals surface area (Å²) < 4.78 is 6.84. The van der Waals surface area contributed by atoms with Gasteiger partial charge < -0.3 is 4.74 Å². The van der Waals surface area contributed by atoms with E-state index in [-0.39, 0.29) is 11.5 Å². The lowest BCUT2D eigenvalue weighted by molar-refractivity contribution is -0.139. The molecule has 0 radical (unpaired) electrons. The van der Waals surface area contributed by atoms with Crippen molar-refractivity contribution in [2.75, 3.05) is 12.4 Å². The average molecular weight is 415 g/mol. The van der Waals surface area contributed by atoms with Crippen molar-refractivity contribution in [3.8, 4) is 5.69 Å². The van der Waals surface area contributed by atoms with Crippen molar-refractivity contribution >= 4 is 17.7 Å². The Bertz CT molecular complexity index is 905. The highest BCUT2D eigenvalue weighted by molar-refractivity contribution is 7.99. The Morgan fingerprint density at radius 3 is 2.66 bits per heavy atom. The summed E-state index contributed by atoms with van der Waals surface area (Å²) in [6.45, 7) is 9.55. The number of aromatic nitrogens is 2. The largest absolute Gasteiger partial charge is 0.462 e. The predicted molar refractivity (Wildman–Crippen MR) is 119 cm³/mol. The maximum Gasteiger partial charge on any atom is 0.333 e. The van der Waals surface area contributed by atoms with Crippen molar-refractivity contribution in [3.05, 3.63) is 64.1 Å². The molecule has 1 aromatic carbocycles. The van der Waals surface area contributed by atoms with Gasteiger partial charge in [0.15, 0.2) is 5.16 Å². The molecule has 0 atom stereocenters. The van der Waals surface area contributed by atoms with E-state index in [1.54, 1.807) is 36.4 Å². The van der Waals surface area contributed by atoms with Crippen LogP contribution in [0.2, 0.25) is 0 Å². The van der Waals surface area contributed by atoms with Crippen LogP contribution in [0.1, 0.15) is 50.7 Å². The maximum absolute atomic E-state index is 12.8. The number of benzene rings is 1. The van der Waals surface area contributed by atoms with Gasteiger partial charge in [0, 0.05) is 23.1 Å². The number of thioether (sulfide) groups is 1. The third-order valence-electron chi connectivity index (χ3n) is 4.57. The first kappa shape index (κ1) is 22.9. The van der Waals surface area contributed by atoms with Crippen molar-refractivity contribution in [1.29, 1.82) is 0 Å². The molecule has 0 saturated heterocycles. The molecule has 0 N–H and O–H groups in total. The van der Waals surface area contributed by atoms with Crippen molar-refractivity contribution in [3.63, 3.8) is 0 Å². The fourth-order valence-electron chi connectivity index (χ4n) is 2.88. The molecule has 0 fully saturated rings. The monoisotopic (exact) mass is 414 g/mol. The molecular formula is C23H30N2O3S. The predicted octanol–water partition coefficient (Wildman–Crippen LogP) is 4.88. The fraction of sp³-hybridized carbons (Fsp3) is 0.435. The minimum Gasteiger partial charge on any atom is -0.462 e. The standard InChI is InChI=1S/C23H30N2O3S/c1-5-19-12-8-9-13-20(19)25-21(26)18(4)16-24-23(25)29-15-11-7-6-10-14-28-22(27)17(2)3/h8-9,12-13,16H,2,5-7,10-11,14-15H2,1,3-4H3. The summed E-state index contributed by atoms with van der Waals surface area (Å²) in [5.41, 5.74) is 3.11. The number of hydrogen-bond acceptors (Lipinski definition) is 5. The zero-order valence-corrected chi connectivity index (χ0v) is 18.4. The number of aryl methyl sites for hydroxylation is 2. The van der Waals surface area contributed by atoms with E-state index in [0.717, 1.165) is 54.3 Å². The molecule has 0 aliphatic heterocycles. The number of carbonyl (C=O) groups excluding carboxylic acids is 1. The Morgan fingerprint density at radius 2 is 1.93 bits per heavy atom. The van der Waals surface area contributed by atoms with E-state index in [4.69, 9.17) is 4.74 Å². The normalized spacial score (nSPS) is 10.7. The first-order valence-corrected chi connectivity index (χ1v) is 11.1. The van der Waals surface area contributed by atoms with Gasteiger partial charge in [-0.2, -0.15) is 0 Å². The Kier molecular flexibility index (Phi) is 9.19. The van der Waals surface area contributed by atoms with E-state index in [1.165, 1.54) is 0 Å². The number of rotatable bonds is 11. The van der Waals surface area contributed by atoms with Gasteiger partial charge in [-0.15, -0.1) is 0 Å². The molecule has 0 unspecified atom stereocenters. The lowest BCUT2D eigenvalue weighted by Crippen LogP contribution is -2.24. The Morgan fingerprint density at radius 1 is 1.21 bits per heavy atom. The summed E-state index contributed by atoms with van der Waals surface area (Å²) in [5.74, 6) is 0.561. The molecule has 29 heavy (non-hydrogen) atoms. The zero-order chi connectivity index (χ0) is 21.2. The molecule has 0 aliphatic rings. The number of ether oxygens (including phenoxy) is 1. The second kappa shape index (κ2) is 11.6. The van der Waals surface area contributed by atoms with Crippen LogP contribution in [0.25, 0.3) is 5.69 Å². The average Bonchev–Trinajstić information content (AvgIpc) is 2.72. The number of esters is 1. The lowest BCUT2D eigenvalue weighted by Gasteiger charge is -2.15. The van der Waals surface area contributed by atoms with Gasteiger partial charge >= 0.3 is 5.97 Å². The van der Waals surface area contributed by atoms with Gasteiger partial charge in [0.05, 0.1) is 12.3 Å². The zero-order valence-electron chi connectivity index (χ0n) is 17.6. The number of carbonyl (C=O) groups is 1. The number of unbranched alkanes of at least 4 members (excludes halogenated alkanes) is 3. The smallest absolute Gasteiger partial charge is 0.333 e. The molecular weight excluding hydrogens is 384 g/mol. The van der Waals surface area contributed by atoms with Crippen LogP contribution < -0.4 is 5.56 Å². The highest BCUT2D eigenvalue weighted by Crippen LogP contribution is 2.22. The van der Waals surface area contributed by atoms with Gasteiger partial charge in [-0.25, -0.2) is 9.78 Å². The Balaban J connectivity index is 1.92. The van der Waals surface area contributed by atoms with Crippen molar-refractivity contribution in [2.24, 2.45) is 0 Å². The van der Waals surface area contributed by atoms with Crippen LogP contribution in [0.5, 0.6) is 0 Å². The van der Waals surface area contributed by atoms with Gasteiger partial charge in [0.2, 0.25) is 0 Å². The first-order valence-electron chi connectivity index (χ1n) is 10.1. The number of hydrogen-bond donors (Lipinski definition) is 0. The molecule has 2 rings (SSSR count). The number of para-hydroxylation sites is 1. The van der Waals surface area contributed by atoms with Crippen LogP contribution in [0, 0.1) is 6.92 Å². The Labute approximate surface area is 177 Å². The van der Waals surface area contributed by atoms with Crippen LogP contribution in [0.15, 0.2) is 52.6 Å². The van der Waals surface area contributed by atoms with Crippen LogP contribution in [0.4, 0.5) is 0 Å². The van der Waals surface area contributed by atoms with Gasteiger partial charge in [-0.05, 0) is 44.7 Å². The van der Waals surface area contributed by atoms with E-state index in [1.807, 2.05) is 18.2 Å². The van der Waals surface area contributed by atoms with Crippen LogP contribution in [-0.4, -0.2) is 27.9 Å². The van der Waals surface area contributed by atoms with E-state index < -0.39 is 0 Å². The second-order valence-corrected chi connectivity index (χ2v) is 8.09. The highest BCUT2D eigenvalue weighted by atomic mass is 32.2. The van der Waals surface area contributed by atoms with Crippen molar-refractivity contribution < 1.29 is 9.53 Å². The van der Waals surface area contributed by atoms with Gasteiger partial charge in [-0.3, -0.25) is 9.36 Å². The minimum absolute atomic E-state index is 0.0114. The quantitative estimate of drug-likeness (QED) is 0.172. The van der Waals surface area contributed by atoms with E-state index in [9.17, 15) is 9.59 Å². The summed E-state index contributed by atoms with van der Waals surface area (Å²) in [5, 5.41) is 0.733. The third-order valence-corrected chi connectivity index (χ3v) is 5.60. The Hall–Kier alpha value is -2.34. The van der Waals surface area contributed by atoms with Crippen LogP contribution in [0.3, 0.4) is 0 Å². The topological polar surface area (TPSA) is 61.2 Å². The molecule has 6 heteroatoms. The second-order valence-electron chi connectivity index (χ2n) is 7.03. The summed E-state index contributed by atoms with van der Waals surface area (Å²) in [6.07, 6.45) is 6.41. The van der Waals surface area contributed by atoms with E-state index >= 15 is 0 Å². The van der Waals surface area contributed by atoms with Crippen LogP contribution in [-0.2, 0) is 16.0 Å². The van der Waals surface area contributed by atoms with Gasteiger partial charge in [0.25, 0.3) is 5.56 Å². The van der Waals surface area contributed by atoms with E-state index in [0.29, 0.717) is 17.7 Å². The van der Waals surface area contributed by atoms with Crippen LogP contribution >= 0.6 is 11.8 Å². The molecule has 0 spiro atoms. The first-order chi connectivity index (χ1) is 14.0. The third kappa shape index (κ3) is 6.60. The summed E-state index contributed by atoms with van der Waals surface area (Å²) in [7, 11) is 0. The van der Waals surface area contributed by atoms with Crippen molar-refractivity contribution in [1.82, 2.24) is 9.55 Å². The van der Waals surface area contributed by atoms with E-state index in [2.05, 4.69) is 24.6 Å². The number of nitrogens with zero attached hydrogens (tertiary/aromatic N) is 2. The summed E-state index contributed by atoms with van der Waals surface area (Å²) in [6, 6.07) is 7.99. The molecule has 1 aromatic heterocycles. The maximum atomic E-state index is 12.8.